The number of pyridine rings is 1. The summed E-state index contributed by atoms with van der Waals surface area (Å²) in [5.74, 6) is -1.38. The quantitative estimate of drug-likeness (QED) is 0.687. The number of fused-ring (bicyclic) bond motifs is 1. The third-order valence-electron chi connectivity index (χ3n) is 4.30. The van der Waals surface area contributed by atoms with Crippen molar-refractivity contribution in [2.45, 2.75) is 44.5 Å². The minimum Gasteiger partial charge on any atom is -0.497 e. The maximum absolute atomic E-state index is 14.1. The van der Waals surface area contributed by atoms with Gasteiger partial charge in [0.15, 0.2) is 0 Å². The van der Waals surface area contributed by atoms with E-state index in [1.54, 1.807) is 5.32 Å². The van der Waals surface area contributed by atoms with Gasteiger partial charge in [-0.2, -0.15) is 13.2 Å². The Balaban J connectivity index is 2.58. The van der Waals surface area contributed by atoms with Crippen molar-refractivity contribution in [3.63, 3.8) is 0 Å². The largest absolute Gasteiger partial charge is 0.497 e. The first-order chi connectivity index (χ1) is 14.2. The van der Waals surface area contributed by atoms with Crippen LogP contribution in [0.2, 0.25) is 0 Å². The van der Waals surface area contributed by atoms with Crippen molar-refractivity contribution in [3.05, 3.63) is 40.3 Å². The Morgan fingerprint density at radius 1 is 1.10 bits per heavy atom. The number of H-pyrrole nitrogens is 1. The Morgan fingerprint density at radius 3 is 2.26 bits per heavy atom. The number of aromatic nitrogens is 1. The number of esters is 1. The number of nitrogens with one attached hydrogen (secondary N) is 2. The molecular formula is C20H23F3N2O6. The smallest absolute Gasteiger partial charge is 0.422 e. The average molecular weight is 444 g/mol. The maximum Gasteiger partial charge on any atom is 0.422 e. The molecule has 1 heterocycles. The van der Waals surface area contributed by atoms with Gasteiger partial charge in [0.05, 0.1) is 19.6 Å². The third-order valence-corrected chi connectivity index (χ3v) is 4.30. The second-order valence-electron chi connectivity index (χ2n) is 7.78. The van der Waals surface area contributed by atoms with E-state index in [1.807, 2.05) is 0 Å². The van der Waals surface area contributed by atoms with E-state index in [2.05, 4.69) is 9.72 Å². The van der Waals surface area contributed by atoms with Gasteiger partial charge in [0.1, 0.15) is 11.4 Å². The number of hydrogen-bond acceptors (Lipinski definition) is 6. The molecule has 11 heteroatoms. The predicted molar refractivity (Wildman–Crippen MR) is 105 cm³/mol. The van der Waals surface area contributed by atoms with Crippen molar-refractivity contribution in [1.29, 1.82) is 0 Å². The highest BCUT2D eigenvalue weighted by atomic mass is 19.4. The summed E-state index contributed by atoms with van der Waals surface area (Å²) in [4.78, 5) is 39.2. The van der Waals surface area contributed by atoms with Crippen LogP contribution in [0.5, 0.6) is 5.75 Å². The van der Waals surface area contributed by atoms with E-state index in [9.17, 15) is 27.6 Å². The minimum atomic E-state index is -5.28. The van der Waals surface area contributed by atoms with Crippen LogP contribution < -0.4 is 15.6 Å². The van der Waals surface area contributed by atoms with Crippen molar-refractivity contribution in [2.75, 3.05) is 14.2 Å². The SMILES string of the molecule is COC(=O)C(Cc1cc2ccc(OC)cc2c(=O)[nH]1)(NC(=O)OC(C)(C)C)C(F)(F)F. The van der Waals surface area contributed by atoms with Crippen molar-refractivity contribution < 1.29 is 37.0 Å². The number of ether oxygens (including phenoxy) is 3. The maximum atomic E-state index is 14.1. The molecular weight excluding hydrogens is 421 g/mol. The Morgan fingerprint density at radius 2 is 1.74 bits per heavy atom. The first-order valence-electron chi connectivity index (χ1n) is 9.08. The monoisotopic (exact) mass is 444 g/mol. The molecule has 0 fully saturated rings. The molecule has 0 aliphatic rings. The fourth-order valence-corrected chi connectivity index (χ4v) is 2.91. The van der Waals surface area contributed by atoms with Gasteiger partial charge in [-0.1, -0.05) is 6.07 Å². The second kappa shape index (κ2) is 8.48. The molecule has 0 spiro atoms. The molecule has 1 atom stereocenters. The minimum absolute atomic E-state index is 0.180. The van der Waals surface area contributed by atoms with Gasteiger partial charge in [-0.25, -0.2) is 9.59 Å². The summed E-state index contributed by atoms with van der Waals surface area (Å²) in [5.41, 5.74) is -5.55. The number of hydrogen-bond donors (Lipinski definition) is 2. The number of amides is 1. The molecule has 0 aliphatic heterocycles. The highest BCUT2D eigenvalue weighted by Gasteiger charge is 2.63. The normalized spacial score (nSPS) is 13.9. The van der Waals surface area contributed by atoms with Crippen LogP contribution in [0.15, 0.2) is 29.1 Å². The molecule has 0 bridgehead atoms. The van der Waals surface area contributed by atoms with E-state index in [-0.39, 0.29) is 11.1 Å². The molecule has 2 N–H and O–H groups in total. The van der Waals surface area contributed by atoms with Crippen molar-refractivity contribution in [1.82, 2.24) is 10.3 Å². The van der Waals surface area contributed by atoms with Crippen LogP contribution in [-0.4, -0.2) is 48.6 Å². The van der Waals surface area contributed by atoms with E-state index in [0.29, 0.717) is 11.1 Å². The molecule has 2 aromatic rings. The molecule has 31 heavy (non-hydrogen) atoms. The number of methoxy groups -OCH3 is 2. The van der Waals surface area contributed by atoms with Crippen LogP contribution in [0.4, 0.5) is 18.0 Å². The summed E-state index contributed by atoms with van der Waals surface area (Å²) >= 11 is 0. The number of benzene rings is 1. The van der Waals surface area contributed by atoms with Crippen LogP contribution in [0.25, 0.3) is 10.8 Å². The van der Waals surface area contributed by atoms with Gasteiger partial charge < -0.3 is 19.2 Å². The topological polar surface area (TPSA) is 107 Å². The Labute approximate surface area is 175 Å². The highest BCUT2D eigenvalue weighted by Crippen LogP contribution is 2.35. The standard InChI is InChI=1S/C20H23F3N2O6/c1-18(2,3)31-17(28)25-19(16(27)30-5,20(21,22)23)10-12-8-11-6-7-13(29-4)9-14(11)15(26)24-12/h6-9H,10H2,1-5H3,(H,24,26)(H,25,28). The average Bonchev–Trinajstić information content (AvgIpc) is 2.64. The van der Waals surface area contributed by atoms with Crippen molar-refractivity contribution in [3.8, 4) is 5.75 Å². The number of carbonyl (C=O) groups excluding carboxylic acids is 2. The summed E-state index contributed by atoms with van der Waals surface area (Å²) in [6.07, 6.45) is -7.87. The van der Waals surface area contributed by atoms with Crippen LogP contribution in [0, 0.1) is 0 Å². The zero-order valence-corrected chi connectivity index (χ0v) is 17.6. The van der Waals surface area contributed by atoms with Crippen molar-refractivity contribution in [2.24, 2.45) is 0 Å². The molecule has 1 aromatic carbocycles. The number of carbonyl (C=O) groups is 2. The Kier molecular flexibility index (Phi) is 6.57. The van der Waals surface area contributed by atoms with E-state index in [4.69, 9.17) is 9.47 Å². The van der Waals surface area contributed by atoms with Gasteiger partial charge in [0.25, 0.3) is 5.56 Å². The lowest BCUT2D eigenvalue weighted by molar-refractivity contribution is -0.211. The molecule has 0 saturated heterocycles. The molecule has 1 unspecified atom stereocenters. The lowest BCUT2D eigenvalue weighted by Crippen LogP contribution is -2.66. The van der Waals surface area contributed by atoms with E-state index in [0.717, 1.165) is 7.11 Å². The summed E-state index contributed by atoms with van der Waals surface area (Å²) in [6, 6.07) is 5.72. The van der Waals surface area contributed by atoms with Crippen molar-refractivity contribution >= 4 is 22.8 Å². The number of alkyl halides is 3. The van der Waals surface area contributed by atoms with Gasteiger partial charge in [-0.05, 0) is 44.4 Å². The van der Waals surface area contributed by atoms with Crippen LogP contribution in [-0.2, 0) is 20.7 Å². The van der Waals surface area contributed by atoms with Gasteiger partial charge in [-0.3, -0.25) is 10.1 Å². The summed E-state index contributed by atoms with van der Waals surface area (Å²) in [5, 5.41) is 2.11. The fraction of sp³-hybridized carbons (Fsp3) is 0.450. The molecule has 8 nitrogen and oxygen atoms in total. The lowest BCUT2D eigenvalue weighted by Gasteiger charge is -2.34. The zero-order chi connectivity index (χ0) is 23.6. The first kappa shape index (κ1) is 24.0. The van der Waals surface area contributed by atoms with Gasteiger partial charge in [-0.15, -0.1) is 0 Å². The summed E-state index contributed by atoms with van der Waals surface area (Å²) in [6.45, 7) is 4.36. The van der Waals surface area contributed by atoms with E-state index < -0.39 is 41.4 Å². The third kappa shape index (κ3) is 5.28. The van der Waals surface area contributed by atoms with E-state index in [1.165, 1.54) is 52.1 Å². The number of rotatable bonds is 5. The fourth-order valence-electron chi connectivity index (χ4n) is 2.91. The second-order valence-corrected chi connectivity index (χ2v) is 7.78. The zero-order valence-electron chi connectivity index (χ0n) is 17.6. The molecule has 2 rings (SSSR count). The summed E-state index contributed by atoms with van der Waals surface area (Å²) < 4.78 is 56.7. The molecule has 0 aliphatic carbocycles. The van der Waals surface area contributed by atoms with Crippen LogP contribution in [0.3, 0.4) is 0 Å². The molecule has 170 valence electrons. The molecule has 0 saturated carbocycles. The number of halogens is 3. The first-order valence-corrected chi connectivity index (χ1v) is 9.08. The number of aromatic amines is 1. The van der Waals surface area contributed by atoms with Gasteiger partial charge in [0, 0.05) is 12.1 Å². The molecule has 1 aromatic heterocycles. The van der Waals surface area contributed by atoms with Crippen LogP contribution >= 0.6 is 0 Å². The Bertz CT molecular complexity index is 1040. The molecule has 0 radical (unpaired) electrons. The van der Waals surface area contributed by atoms with E-state index >= 15 is 0 Å². The summed E-state index contributed by atoms with van der Waals surface area (Å²) in [7, 11) is 2.16. The number of alkyl carbamates (subject to hydrolysis) is 1. The predicted octanol–water partition coefficient (Wildman–Crippen LogP) is 3.08. The van der Waals surface area contributed by atoms with Gasteiger partial charge >= 0.3 is 18.2 Å². The van der Waals surface area contributed by atoms with Gasteiger partial charge in [0.2, 0.25) is 5.54 Å². The van der Waals surface area contributed by atoms with Crippen LogP contribution in [0.1, 0.15) is 26.5 Å². The Hall–Kier alpha value is -3.24. The highest BCUT2D eigenvalue weighted by molar-refractivity contribution is 5.88. The molecule has 1 amide bonds. The lowest BCUT2D eigenvalue weighted by atomic mass is 9.91.